The number of hydrogen-bond donors (Lipinski definition) is 1. The number of aryl methyl sites for hydroxylation is 1. The zero-order chi connectivity index (χ0) is 14.7. The summed E-state index contributed by atoms with van der Waals surface area (Å²) in [5.41, 5.74) is 8.38. The first-order valence-corrected chi connectivity index (χ1v) is 7.93. The third-order valence-corrected chi connectivity index (χ3v) is 4.56. The Labute approximate surface area is 123 Å². The molecule has 2 N–H and O–H groups in total. The van der Waals surface area contributed by atoms with Gasteiger partial charge in [0.1, 0.15) is 5.82 Å². The number of nitrogens with two attached hydrogens (primary N) is 1. The van der Waals surface area contributed by atoms with Crippen LogP contribution in [0.1, 0.15) is 50.7 Å². The smallest absolute Gasteiger partial charge is 0.131 e. The second-order valence-corrected chi connectivity index (χ2v) is 6.61. The first-order chi connectivity index (χ1) is 9.49. The Bertz CT molecular complexity index is 442. The molecule has 1 aromatic heterocycles. The second kappa shape index (κ2) is 6.57. The normalized spacial score (nSPS) is 24.4. The van der Waals surface area contributed by atoms with Crippen molar-refractivity contribution in [3.05, 3.63) is 23.4 Å². The zero-order valence-electron chi connectivity index (χ0n) is 13.4. The van der Waals surface area contributed by atoms with Gasteiger partial charge in [-0.1, -0.05) is 25.8 Å². The molecular weight excluding hydrogens is 246 g/mol. The third kappa shape index (κ3) is 3.51. The molecule has 1 fully saturated rings. The largest absolute Gasteiger partial charge is 0.356 e. The van der Waals surface area contributed by atoms with Crippen molar-refractivity contribution in [3.63, 3.8) is 0 Å². The minimum atomic E-state index is 0.193. The van der Waals surface area contributed by atoms with Gasteiger partial charge in [0.05, 0.1) is 0 Å². The average Bonchev–Trinajstić information content (AvgIpc) is 2.38. The molecule has 1 saturated carbocycles. The van der Waals surface area contributed by atoms with E-state index >= 15 is 0 Å². The molecule has 0 aromatic carbocycles. The molecule has 3 atom stereocenters. The van der Waals surface area contributed by atoms with Crippen molar-refractivity contribution in [3.8, 4) is 0 Å². The second-order valence-electron chi connectivity index (χ2n) is 6.61. The van der Waals surface area contributed by atoms with Gasteiger partial charge in [-0.2, -0.15) is 0 Å². The predicted octanol–water partition coefficient (Wildman–Crippen LogP) is 3.29. The van der Waals surface area contributed by atoms with Gasteiger partial charge in [-0.25, -0.2) is 4.98 Å². The van der Waals surface area contributed by atoms with E-state index < -0.39 is 0 Å². The van der Waals surface area contributed by atoms with Gasteiger partial charge in [-0.05, 0) is 50.2 Å². The van der Waals surface area contributed by atoms with Crippen LogP contribution in [0.4, 0.5) is 5.82 Å². The predicted molar refractivity (Wildman–Crippen MR) is 86.2 cm³/mol. The van der Waals surface area contributed by atoms with E-state index in [2.05, 4.69) is 31.9 Å². The van der Waals surface area contributed by atoms with Gasteiger partial charge >= 0.3 is 0 Å². The van der Waals surface area contributed by atoms with E-state index in [4.69, 9.17) is 10.7 Å². The SMILES string of the molecule is Cc1cc(CC(C)N)cnc1N(C)C1CCCCC1C. The van der Waals surface area contributed by atoms with Crippen molar-refractivity contribution in [2.24, 2.45) is 11.7 Å². The maximum absolute atomic E-state index is 5.87. The summed E-state index contributed by atoms with van der Waals surface area (Å²) in [6, 6.07) is 3.07. The molecule has 0 saturated heterocycles. The number of pyridine rings is 1. The first kappa shape index (κ1) is 15.3. The monoisotopic (exact) mass is 275 g/mol. The first-order valence-electron chi connectivity index (χ1n) is 7.93. The number of anilines is 1. The molecule has 3 nitrogen and oxygen atoms in total. The van der Waals surface area contributed by atoms with E-state index in [9.17, 15) is 0 Å². The summed E-state index contributed by atoms with van der Waals surface area (Å²) in [5, 5.41) is 0. The molecule has 1 aromatic rings. The summed E-state index contributed by atoms with van der Waals surface area (Å²) >= 11 is 0. The van der Waals surface area contributed by atoms with Gasteiger partial charge < -0.3 is 10.6 Å². The molecular formula is C17H29N3. The summed E-state index contributed by atoms with van der Waals surface area (Å²) in [6.07, 6.45) is 8.26. The van der Waals surface area contributed by atoms with E-state index in [0.717, 1.165) is 18.2 Å². The highest BCUT2D eigenvalue weighted by molar-refractivity contribution is 5.48. The lowest BCUT2D eigenvalue weighted by Gasteiger charge is -2.37. The lowest BCUT2D eigenvalue weighted by Crippen LogP contribution is -2.39. The number of hydrogen-bond acceptors (Lipinski definition) is 3. The van der Waals surface area contributed by atoms with Crippen LogP contribution in [0.2, 0.25) is 0 Å². The molecule has 1 aliphatic rings. The standard InChI is InChI=1S/C17H29N3/c1-12-7-5-6-8-16(12)20(4)17-13(2)9-15(11-19-17)10-14(3)18/h9,11-12,14,16H,5-8,10,18H2,1-4H3. The van der Waals surface area contributed by atoms with Crippen molar-refractivity contribution in [1.82, 2.24) is 4.98 Å². The van der Waals surface area contributed by atoms with Gasteiger partial charge in [0.15, 0.2) is 0 Å². The third-order valence-electron chi connectivity index (χ3n) is 4.56. The molecule has 112 valence electrons. The quantitative estimate of drug-likeness (QED) is 0.917. The van der Waals surface area contributed by atoms with Crippen LogP contribution in [-0.2, 0) is 6.42 Å². The summed E-state index contributed by atoms with van der Waals surface area (Å²) in [4.78, 5) is 7.11. The Kier molecular flexibility index (Phi) is 5.03. The van der Waals surface area contributed by atoms with Crippen molar-refractivity contribution >= 4 is 5.82 Å². The minimum absolute atomic E-state index is 0.193. The van der Waals surface area contributed by atoms with Gasteiger partial charge in [-0.3, -0.25) is 0 Å². The molecule has 0 aliphatic heterocycles. The van der Waals surface area contributed by atoms with Gasteiger partial charge in [0.2, 0.25) is 0 Å². The molecule has 0 bridgehead atoms. The minimum Gasteiger partial charge on any atom is -0.356 e. The summed E-state index contributed by atoms with van der Waals surface area (Å²) in [6.45, 7) is 6.58. The Morgan fingerprint density at radius 3 is 2.70 bits per heavy atom. The van der Waals surface area contributed by atoms with E-state index in [1.54, 1.807) is 0 Å². The maximum atomic E-state index is 5.87. The Hall–Kier alpha value is -1.09. The molecule has 1 heterocycles. The highest BCUT2D eigenvalue weighted by atomic mass is 15.2. The van der Waals surface area contributed by atoms with E-state index in [-0.39, 0.29) is 6.04 Å². The zero-order valence-corrected chi connectivity index (χ0v) is 13.4. The van der Waals surface area contributed by atoms with Crippen molar-refractivity contribution in [2.75, 3.05) is 11.9 Å². The van der Waals surface area contributed by atoms with Crippen LogP contribution in [0.15, 0.2) is 12.3 Å². The van der Waals surface area contributed by atoms with E-state index in [1.165, 1.54) is 36.8 Å². The lowest BCUT2D eigenvalue weighted by atomic mass is 9.85. The highest BCUT2D eigenvalue weighted by Crippen LogP contribution is 2.31. The Morgan fingerprint density at radius 1 is 1.40 bits per heavy atom. The van der Waals surface area contributed by atoms with Gasteiger partial charge in [0, 0.05) is 25.3 Å². The van der Waals surface area contributed by atoms with E-state index in [0.29, 0.717) is 6.04 Å². The van der Waals surface area contributed by atoms with Crippen LogP contribution >= 0.6 is 0 Å². The fourth-order valence-corrected chi connectivity index (χ4v) is 3.51. The summed E-state index contributed by atoms with van der Waals surface area (Å²) < 4.78 is 0. The molecule has 0 radical (unpaired) electrons. The number of nitrogens with zero attached hydrogens (tertiary/aromatic N) is 2. The van der Waals surface area contributed by atoms with Gasteiger partial charge in [0.25, 0.3) is 0 Å². The Morgan fingerprint density at radius 2 is 2.10 bits per heavy atom. The van der Waals surface area contributed by atoms with Crippen LogP contribution in [0.5, 0.6) is 0 Å². The molecule has 2 rings (SSSR count). The fourth-order valence-electron chi connectivity index (χ4n) is 3.51. The maximum Gasteiger partial charge on any atom is 0.131 e. The molecule has 3 heteroatoms. The van der Waals surface area contributed by atoms with Crippen molar-refractivity contribution < 1.29 is 0 Å². The molecule has 20 heavy (non-hydrogen) atoms. The fraction of sp³-hybridized carbons (Fsp3) is 0.706. The molecule has 3 unspecified atom stereocenters. The van der Waals surface area contributed by atoms with Crippen LogP contribution < -0.4 is 10.6 Å². The topological polar surface area (TPSA) is 42.1 Å². The van der Waals surface area contributed by atoms with Crippen LogP contribution in [0.25, 0.3) is 0 Å². The van der Waals surface area contributed by atoms with Crippen molar-refractivity contribution in [2.45, 2.75) is 65.0 Å². The van der Waals surface area contributed by atoms with Crippen molar-refractivity contribution in [1.29, 1.82) is 0 Å². The highest BCUT2D eigenvalue weighted by Gasteiger charge is 2.26. The molecule has 0 spiro atoms. The van der Waals surface area contributed by atoms with Gasteiger partial charge in [-0.15, -0.1) is 0 Å². The van der Waals surface area contributed by atoms with Crippen LogP contribution in [-0.4, -0.2) is 24.1 Å². The summed E-state index contributed by atoms with van der Waals surface area (Å²) in [7, 11) is 2.20. The number of rotatable bonds is 4. The molecule has 0 amide bonds. The van der Waals surface area contributed by atoms with Crippen LogP contribution in [0, 0.1) is 12.8 Å². The summed E-state index contributed by atoms with van der Waals surface area (Å²) in [5.74, 6) is 1.90. The van der Waals surface area contributed by atoms with Crippen LogP contribution in [0.3, 0.4) is 0 Å². The average molecular weight is 275 g/mol. The Balaban J connectivity index is 2.15. The van der Waals surface area contributed by atoms with E-state index in [1.807, 2.05) is 13.1 Å². The lowest BCUT2D eigenvalue weighted by molar-refractivity contribution is 0.320. The molecule has 1 aliphatic carbocycles. The number of aromatic nitrogens is 1.